The van der Waals surface area contributed by atoms with E-state index in [1.807, 2.05) is 0 Å². The molecular weight excluding hydrogens is 254 g/mol. The Labute approximate surface area is 109 Å². The Morgan fingerprint density at radius 2 is 2.39 bits per heavy atom. The molecule has 2 rings (SSSR count). The van der Waals surface area contributed by atoms with Crippen molar-refractivity contribution in [3.8, 4) is 0 Å². The molecular formula is C11H15N3O3S. The van der Waals surface area contributed by atoms with E-state index < -0.39 is 0 Å². The van der Waals surface area contributed by atoms with Crippen molar-refractivity contribution in [2.45, 2.75) is 31.7 Å². The van der Waals surface area contributed by atoms with Gasteiger partial charge in [-0.25, -0.2) is 0 Å². The predicted octanol–water partition coefficient (Wildman–Crippen LogP) is 1.10. The van der Waals surface area contributed by atoms with Gasteiger partial charge in [0.05, 0.1) is 19.7 Å². The molecule has 1 aromatic heterocycles. The van der Waals surface area contributed by atoms with Gasteiger partial charge in [0, 0.05) is 12.6 Å². The molecule has 0 aliphatic carbocycles. The third-order valence-corrected chi connectivity index (χ3v) is 3.74. The number of carbonyl (C=O) groups excluding carboxylic acids is 2. The minimum Gasteiger partial charge on any atom is -0.469 e. The fourth-order valence-corrected chi connectivity index (χ4v) is 2.63. The molecule has 0 bridgehead atoms. The molecule has 98 valence electrons. The number of nitrogens with zero attached hydrogens (tertiary/aromatic N) is 3. The van der Waals surface area contributed by atoms with Crippen molar-refractivity contribution in [1.82, 2.24) is 14.5 Å². The van der Waals surface area contributed by atoms with E-state index in [0.29, 0.717) is 11.4 Å². The molecule has 7 heteroatoms. The molecule has 0 saturated carbocycles. The number of carbonyl (C=O) groups is 2. The van der Waals surface area contributed by atoms with Crippen LogP contribution in [0.1, 0.15) is 35.4 Å². The van der Waals surface area contributed by atoms with Crippen molar-refractivity contribution in [2.75, 3.05) is 13.7 Å². The minimum atomic E-state index is -0.276. The SMILES string of the molecule is COC(=O)CC1CCCCN1C(=O)c1cnns1. The van der Waals surface area contributed by atoms with Gasteiger partial charge in [-0.3, -0.25) is 9.59 Å². The van der Waals surface area contributed by atoms with Crippen LogP contribution in [0.2, 0.25) is 0 Å². The summed E-state index contributed by atoms with van der Waals surface area (Å²) in [6.45, 7) is 0.679. The van der Waals surface area contributed by atoms with Crippen LogP contribution in [-0.2, 0) is 9.53 Å². The Morgan fingerprint density at radius 1 is 1.56 bits per heavy atom. The number of piperidine rings is 1. The Kier molecular flexibility index (Phi) is 4.24. The number of methoxy groups -OCH3 is 1. The summed E-state index contributed by atoms with van der Waals surface area (Å²) in [6, 6.07) is -0.0687. The van der Waals surface area contributed by atoms with Gasteiger partial charge in [-0.2, -0.15) is 0 Å². The average Bonchev–Trinajstić information content (AvgIpc) is 2.92. The van der Waals surface area contributed by atoms with Gasteiger partial charge in [-0.1, -0.05) is 4.49 Å². The highest BCUT2D eigenvalue weighted by Crippen LogP contribution is 2.22. The van der Waals surface area contributed by atoms with Crippen molar-refractivity contribution >= 4 is 23.4 Å². The van der Waals surface area contributed by atoms with Gasteiger partial charge in [-0.15, -0.1) is 5.10 Å². The van der Waals surface area contributed by atoms with Gasteiger partial charge < -0.3 is 9.64 Å². The van der Waals surface area contributed by atoms with Crippen LogP contribution in [0.5, 0.6) is 0 Å². The number of hydrogen-bond donors (Lipinski definition) is 0. The Hall–Kier alpha value is -1.50. The number of aromatic nitrogens is 2. The summed E-state index contributed by atoms with van der Waals surface area (Å²) in [5, 5.41) is 3.67. The average molecular weight is 269 g/mol. The molecule has 0 spiro atoms. The first-order valence-corrected chi connectivity index (χ1v) is 6.65. The second-order valence-electron chi connectivity index (χ2n) is 4.21. The molecule has 1 aliphatic rings. The van der Waals surface area contributed by atoms with E-state index in [0.717, 1.165) is 30.8 Å². The van der Waals surface area contributed by atoms with Crippen molar-refractivity contribution in [1.29, 1.82) is 0 Å². The normalized spacial score (nSPS) is 19.6. The zero-order valence-electron chi connectivity index (χ0n) is 10.2. The maximum atomic E-state index is 12.2. The van der Waals surface area contributed by atoms with Crippen LogP contribution in [0.3, 0.4) is 0 Å². The summed E-state index contributed by atoms with van der Waals surface area (Å²) in [5.74, 6) is -0.360. The highest BCUT2D eigenvalue weighted by molar-refractivity contribution is 7.07. The smallest absolute Gasteiger partial charge is 0.307 e. The number of amides is 1. The summed E-state index contributed by atoms with van der Waals surface area (Å²) in [6.07, 6.45) is 4.57. The van der Waals surface area contributed by atoms with Gasteiger partial charge in [0.1, 0.15) is 4.88 Å². The predicted molar refractivity (Wildman–Crippen MR) is 65.2 cm³/mol. The van der Waals surface area contributed by atoms with Crippen molar-refractivity contribution in [2.24, 2.45) is 0 Å². The zero-order chi connectivity index (χ0) is 13.0. The molecule has 1 aliphatic heterocycles. The van der Waals surface area contributed by atoms with E-state index in [2.05, 4.69) is 14.3 Å². The fourth-order valence-electron chi connectivity index (χ4n) is 2.16. The van der Waals surface area contributed by atoms with E-state index in [1.165, 1.54) is 13.3 Å². The molecule has 0 N–H and O–H groups in total. The fraction of sp³-hybridized carbons (Fsp3) is 0.636. The van der Waals surface area contributed by atoms with Crippen LogP contribution in [0.25, 0.3) is 0 Å². The quantitative estimate of drug-likeness (QED) is 0.768. The minimum absolute atomic E-state index is 0.0687. The molecule has 1 atom stereocenters. The summed E-state index contributed by atoms with van der Waals surface area (Å²) >= 11 is 1.08. The molecule has 1 fully saturated rings. The lowest BCUT2D eigenvalue weighted by Crippen LogP contribution is -2.44. The number of likely N-dealkylation sites (tertiary alicyclic amines) is 1. The largest absolute Gasteiger partial charge is 0.469 e. The van der Waals surface area contributed by atoms with Crippen molar-refractivity contribution in [3.05, 3.63) is 11.1 Å². The van der Waals surface area contributed by atoms with Crippen LogP contribution >= 0.6 is 11.5 Å². The summed E-state index contributed by atoms with van der Waals surface area (Å²) < 4.78 is 8.37. The molecule has 1 amide bonds. The monoisotopic (exact) mass is 269 g/mol. The maximum absolute atomic E-state index is 12.2. The van der Waals surface area contributed by atoms with Gasteiger partial charge in [0.2, 0.25) is 0 Å². The maximum Gasteiger partial charge on any atom is 0.307 e. The van der Waals surface area contributed by atoms with Crippen LogP contribution in [0, 0.1) is 0 Å². The van der Waals surface area contributed by atoms with Gasteiger partial charge in [-0.05, 0) is 30.8 Å². The molecule has 6 nitrogen and oxygen atoms in total. The first kappa shape index (κ1) is 12.9. The van der Waals surface area contributed by atoms with Crippen LogP contribution < -0.4 is 0 Å². The molecule has 18 heavy (non-hydrogen) atoms. The highest BCUT2D eigenvalue weighted by atomic mass is 32.1. The van der Waals surface area contributed by atoms with Gasteiger partial charge in [0.25, 0.3) is 5.91 Å². The molecule has 1 unspecified atom stereocenters. The molecule has 1 saturated heterocycles. The lowest BCUT2D eigenvalue weighted by atomic mass is 9.99. The number of hydrogen-bond acceptors (Lipinski definition) is 6. The first-order valence-electron chi connectivity index (χ1n) is 5.87. The van der Waals surface area contributed by atoms with Crippen molar-refractivity contribution < 1.29 is 14.3 Å². The summed E-state index contributed by atoms with van der Waals surface area (Å²) in [5.41, 5.74) is 0. The van der Waals surface area contributed by atoms with E-state index in [-0.39, 0.29) is 24.3 Å². The van der Waals surface area contributed by atoms with E-state index >= 15 is 0 Å². The Balaban J connectivity index is 2.08. The third kappa shape index (κ3) is 2.84. The van der Waals surface area contributed by atoms with Gasteiger partial charge >= 0.3 is 5.97 Å². The van der Waals surface area contributed by atoms with Gasteiger partial charge in [0.15, 0.2) is 0 Å². The summed E-state index contributed by atoms with van der Waals surface area (Å²) in [7, 11) is 1.37. The third-order valence-electron chi connectivity index (χ3n) is 3.09. The molecule has 1 aromatic rings. The van der Waals surface area contributed by atoms with E-state index in [9.17, 15) is 9.59 Å². The lowest BCUT2D eigenvalue weighted by Gasteiger charge is -2.34. The van der Waals surface area contributed by atoms with Crippen LogP contribution in [-0.4, -0.2) is 46.1 Å². The summed E-state index contributed by atoms with van der Waals surface area (Å²) in [4.78, 5) is 25.9. The Bertz CT molecular complexity index is 421. The zero-order valence-corrected chi connectivity index (χ0v) is 11.0. The highest BCUT2D eigenvalue weighted by Gasteiger charge is 2.30. The van der Waals surface area contributed by atoms with E-state index in [4.69, 9.17) is 0 Å². The second-order valence-corrected chi connectivity index (χ2v) is 5.00. The Morgan fingerprint density at radius 3 is 3.06 bits per heavy atom. The van der Waals surface area contributed by atoms with E-state index in [1.54, 1.807) is 4.90 Å². The molecule has 2 heterocycles. The topological polar surface area (TPSA) is 72.4 Å². The standard InChI is InChI=1S/C11H15N3O3S/c1-17-10(15)6-8-4-2-3-5-14(8)11(16)9-7-12-13-18-9/h7-8H,2-6H2,1H3. The first-order chi connectivity index (χ1) is 8.72. The number of esters is 1. The molecule has 0 radical (unpaired) electrons. The van der Waals surface area contributed by atoms with Crippen LogP contribution in [0.4, 0.5) is 0 Å². The van der Waals surface area contributed by atoms with Crippen molar-refractivity contribution in [3.63, 3.8) is 0 Å². The second kappa shape index (κ2) is 5.90. The number of rotatable bonds is 3. The number of ether oxygens (including phenoxy) is 1. The lowest BCUT2D eigenvalue weighted by molar-refractivity contribution is -0.142. The van der Waals surface area contributed by atoms with Crippen LogP contribution in [0.15, 0.2) is 6.20 Å². The molecule has 0 aromatic carbocycles.